The maximum Gasteiger partial charge on any atom is 0.252 e. The number of H-pyrrole nitrogens is 1. The Kier molecular flexibility index (Phi) is 3.32. The first-order valence-corrected chi connectivity index (χ1v) is 6.74. The normalized spacial score (nSPS) is 23.9. The van der Waals surface area contributed by atoms with Gasteiger partial charge >= 0.3 is 0 Å². The average Bonchev–Trinajstić information content (AvgIpc) is 3.21. The van der Waals surface area contributed by atoms with Gasteiger partial charge in [0.05, 0.1) is 6.61 Å². The molecule has 1 aromatic rings. The Bertz CT molecular complexity index is 462. The summed E-state index contributed by atoms with van der Waals surface area (Å²) in [5.41, 5.74) is -0.0608. The van der Waals surface area contributed by atoms with Crippen LogP contribution in [0, 0.1) is 5.92 Å². The van der Waals surface area contributed by atoms with Gasteiger partial charge in [-0.05, 0) is 31.6 Å². The number of ether oxygens (including phenoxy) is 1. The lowest BCUT2D eigenvalue weighted by atomic mass is 10.0. The van der Waals surface area contributed by atoms with Crippen LogP contribution in [0.2, 0.25) is 0 Å². The van der Waals surface area contributed by atoms with E-state index in [-0.39, 0.29) is 5.56 Å². The van der Waals surface area contributed by atoms with Crippen molar-refractivity contribution in [3.8, 4) is 0 Å². The van der Waals surface area contributed by atoms with Crippen LogP contribution in [0.1, 0.15) is 37.4 Å². The van der Waals surface area contributed by atoms with Gasteiger partial charge in [0.1, 0.15) is 11.6 Å². The molecular weight excluding hydrogens is 230 g/mol. The van der Waals surface area contributed by atoms with E-state index in [4.69, 9.17) is 4.74 Å². The maximum absolute atomic E-state index is 11.5. The van der Waals surface area contributed by atoms with Crippen LogP contribution in [0.25, 0.3) is 0 Å². The summed E-state index contributed by atoms with van der Waals surface area (Å²) >= 11 is 0. The summed E-state index contributed by atoms with van der Waals surface area (Å²) in [4.78, 5) is 18.8. The molecule has 0 spiro atoms. The van der Waals surface area contributed by atoms with E-state index in [1.165, 1.54) is 12.5 Å². The van der Waals surface area contributed by atoms with Gasteiger partial charge in [-0.2, -0.15) is 0 Å². The van der Waals surface area contributed by atoms with Crippen molar-refractivity contribution < 1.29 is 4.74 Å². The Morgan fingerprint density at radius 3 is 3.06 bits per heavy atom. The van der Waals surface area contributed by atoms with Crippen LogP contribution < -0.4 is 10.9 Å². The fourth-order valence-electron chi connectivity index (χ4n) is 2.33. The fourth-order valence-corrected chi connectivity index (χ4v) is 2.33. The number of nitrogens with one attached hydrogen (secondary N) is 2. The van der Waals surface area contributed by atoms with Gasteiger partial charge < -0.3 is 15.0 Å². The minimum Gasteiger partial charge on any atom is -0.381 e. The maximum atomic E-state index is 11.5. The first-order chi connectivity index (χ1) is 8.81. The van der Waals surface area contributed by atoms with E-state index in [9.17, 15) is 4.79 Å². The van der Waals surface area contributed by atoms with Crippen LogP contribution in [0.5, 0.6) is 0 Å². The van der Waals surface area contributed by atoms with Gasteiger partial charge in [-0.1, -0.05) is 0 Å². The van der Waals surface area contributed by atoms with Gasteiger partial charge in [0.25, 0.3) is 5.56 Å². The number of nitrogens with zero attached hydrogens (tertiary/aromatic N) is 1. The van der Waals surface area contributed by atoms with Crippen molar-refractivity contribution in [3.05, 3.63) is 22.2 Å². The average molecular weight is 249 g/mol. The number of aromatic nitrogens is 2. The van der Waals surface area contributed by atoms with Crippen molar-refractivity contribution in [1.82, 2.24) is 9.97 Å². The number of hydrogen-bond acceptors (Lipinski definition) is 4. The minimum absolute atomic E-state index is 0.0608. The Balaban J connectivity index is 1.62. The number of rotatable bonds is 4. The molecule has 2 heterocycles. The second-order valence-electron chi connectivity index (χ2n) is 5.25. The quantitative estimate of drug-likeness (QED) is 0.848. The van der Waals surface area contributed by atoms with Gasteiger partial charge in [0.15, 0.2) is 0 Å². The van der Waals surface area contributed by atoms with Crippen LogP contribution in [0.4, 0.5) is 5.82 Å². The molecular formula is C13H19N3O2. The summed E-state index contributed by atoms with van der Waals surface area (Å²) < 4.78 is 5.44. The highest BCUT2D eigenvalue weighted by molar-refractivity contribution is 5.34. The molecule has 1 atom stereocenters. The molecule has 2 N–H and O–H groups in total. The first-order valence-electron chi connectivity index (χ1n) is 6.74. The third-order valence-electron chi connectivity index (χ3n) is 3.55. The van der Waals surface area contributed by atoms with Crippen LogP contribution in [0.3, 0.4) is 0 Å². The van der Waals surface area contributed by atoms with E-state index < -0.39 is 0 Å². The molecule has 0 amide bonds. The molecule has 2 fully saturated rings. The molecule has 1 aromatic heterocycles. The molecule has 0 radical (unpaired) electrons. The molecule has 0 aromatic carbocycles. The predicted molar refractivity (Wildman–Crippen MR) is 68.9 cm³/mol. The standard InChI is InChI=1S/C13H19N3O2/c17-12-6-11(15-13(16-12)10-3-4-10)14-7-9-2-1-5-18-8-9/h6,9-10H,1-5,7-8H2,(H2,14,15,16,17). The highest BCUT2D eigenvalue weighted by Crippen LogP contribution is 2.37. The van der Waals surface area contributed by atoms with Crippen molar-refractivity contribution in [3.63, 3.8) is 0 Å². The van der Waals surface area contributed by atoms with Crippen molar-refractivity contribution in [2.45, 2.75) is 31.6 Å². The highest BCUT2D eigenvalue weighted by Gasteiger charge is 2.26. The molecule has 1 aliphatic carbocycles. The zero-order chi connectivity index (χ0) is 12.4. The van der Waals surface area contributed by atoms with E-state index in [1.807, 2.05) is 0 Å². The fraction of sp³-hybridized carbons (Fsp3) is 0.692. The summed E-state index contributed by atoms with van der Waals surface area (Å²) in [6.45, 7) is 2.53. The van der Waals surface area contributed by atoms with E-state index in [1.54, 1.807) is 0 Å². The molecule has 98 valence electrons. The molecule has 1 saturated heterocycles. The lowest BCUT2D eigenvalue weighted by molar-refractivity contribution is 0.0595. The van der Waals surface area contributed by atoms with Crippen molar-refractivity contribution in [1.29, 1.82) is 0 Å². The number of hydrogen-bond donors (Lipinski definition) is 2. The van der Waals surface area contributed by atoms with Gasteiger partial charge in [0, 0.05) is 25.1 Å². The molecule has 1 unspecified atom stereocenters. The molecule has 5 nitrogen and oxygen atoms in total. The number of aromatic amines is 1. The Labute approximate surface area is 106 Å². The van der Waals surface area contributed by atoms with Gasteiger partial charge in [0.2, 0.25) is 0 Å². The topological polar surface area (TPSA) is 67.0 Å². The molecule has 0 bridgehead atoms. The van der Waals surface area contributed by atoms with E-state index in [0.717, 1.165) is 44.8 Å². The van der Waals surface area contributed by atoms with Crippen LogP contribution >= 0.6 is 0 Å². The Morgan fingerprint density at radius 1 is 1.44 bits per heavy atom. The monoisotopic (exact) mass is 249 g/mol. The van der Waals surface area contributed by atoms with Crippen LogP contribution in [0.15, 0.2) is 10.9 Å². The van der Waals surface area contributed by atoms with Gasteiger partial charge in [-0.15, -0.1) is 0 Å². The Morgan fingerprint density at radius 2 is 2.33 bits per heavy atom. The van der Waals surface area contributed by atoms with Crippen molar-refractivity contribution in [2.75, 3.05) is 25.1 Å². The van der Waals surface area contributed by atoms with Gasteiger partial charge in [-0.25, -0.2) is 4.98 Å². The van der Waals surface area contributed by atoms with Crippen LogP contribution in [-0.2, 0) is 4.74 Å². The summed E-state index contributed by atoms with van der Waals surface area (Å²) in [5, 5.41) is 3.27. The first kappa shape index (κ1) is 11.7. The second kappa shape index (κ2) is 5.10. The molecule has 18 heavy (non-hydrogen) atoms. The zero-order valence-electron chi connectivity index (χ0n) is 10.4. The summed E-state index contributed by atoms with van der Waals surface area (Å²) in [6, 6.07) is 1.54. The van der Waals surface area contributed by atoms with E-state index >= 15 is 0 Å². The third kappa shape index (κ3) is 2.90. The molecule has 1 saturated carbocycles. The Hall–Kier alpha value is -1.36. The van der Waals surface area contributed by atoms with Gasteiger partial charge in [-0.3, -0.25) is 4.79 Å². The van der Waals surface area contributed by atoms with E-state index in [2.05, 4.69) is 15.3 Å². The van der Waals surface area contributed by atoms with Crippen molar-refractivity contribution in [2.24, 2.45) is 5.92 Å². The number of anilines is 1. The lowest BCUT2D eigenvalue weighted by Crippen LogP contribution is -2.25. The van der Waals surface area contributed by atoms with Crippen molar-refractivity contribution >= 4 is 5.82 Å². The predicted octanol–water partition coefficient (Wildman–Crippen LogP) is 1.49. The third-order valence-corrected chi connectivity index (χ3v) is 3.55. The second-order valence-corrected chi connectivity index (χ2v) is 5.25. The SMILES string of the molecule is O=c1cc(NCC2CCCOC2)nc(C2CC2)[nH]1. The van der Waals surface area contributed by atoms with Crippen LogP contribution in [-0.4, -0.2) is 29.7 Å². The van der Waals surface area contributed by atoms with E-state index in [0.29, 0.717) is 17.7 Å². The molecule has 3 rings (SSSR count). The largest absolute Gasteiger partial charge is 0.381 e. The summed E-state index contributed by atoms with van der Waals surface area (Å²) in [5.74, 6) is 2.54. The highest BCUT2D eigenvalue weighted by atomic mass is 16.5. The smallest absolute Gasteiger partial charge is 0.252 e. The zero-order valence-corrected chi connectivity index (χ0v) is 10.4. The summed E-state index contributed by atoms with van der Waals surface area (Å²) in [6.07, 6.45) is 4.60. The summed E-state index contributed by atoms with van der Waals surface area (Å²) in [7, 11) is 0. The molecule has 1 aliphatic heterocycles. The minimum atomic E-state index is -0.0608. The lowest BCUT2D eigenvalue weighted by Gasteiger charge is -2.22. The molecule has 2 aliphatic rings. The molecule has 5 heteroatoms.